The van der Waals surface area contributed by atoms with Gasteiger partial charge in [0.2, 0.25) is 5.91 Å². The summed E-state index contributed by atoms with van der Waals surface area (Å²) in [5.74, 6) is 0.294. The molecule has 2 atom stereocenters. The molecule has 2 fully saturated rings. The van der Waals surface area contributed by atoms with Crippen molar-refractivity contribution in [3.05, 3.63) is 35.6 Å². The van der Waals surface area contributed by atoms with Crippen molar-refractivity contribution in [3.8, 4) is 0 Å². The molecule has 0 bridgehead atoms. The van der Waals surface area contributed by atoms with Crippen LogP contribution in [0.2, 0.25) is 0 Å². The molecule has 4 nitrogen and oxygen atoms in total. The van der Waals surface area contributed by atoms with Gasteiger partial charge in [-0.1, -0.05) is 26.0 Å². The van der Waals surface area contributed by atoms with Crippen molar-refractivity contribution in [3.63, 3.8) is 0 Å². The monoisotopic (exact) mass is 384 g/mol. The molecular weight excluding hydrogens is 355 g/mol. The first-order chi connectivity index (χ1) is 11.8. The van der Waals surface area contributed by atoms with Crippen LogP contribution in [0.1, 0.15) is 45.6 Å². The van der Waals surface area contributed by atoms with Gasteiger partial charge in [-0.3, -0.25) is 4.79 Å². The topological polar surface area (TPSA) is 55.6 Å². The zero-order chi connectivity index (χ0) is 18.2. The van der Waals surface area contributed by atoms with Crippen LogP contribution in [0.25, 0.3) is 0 Å². The lowest BCUT2D eigenvalue weighted by Gasteiger charge is -2.58. The minimum Gasteiger partial charge on any atom is -0.378 e. The first-order valence-corrected chi connectivity index (χ1v) is 9.22. The molecule has 26 heavy (non-hydrogen) atoms. The van der Waals surface area contributed by atoms with Gasteiger partial charge < -0.3 is 15.4 Å². The average Bonchev–Trinajstić information content (AvgIpc) is 3.39. The Labute approximate surface area is 161 Å². The van der Waals surface area contributed by atoms with E-state index in [0.29, 0.717) is 25.5 Å². The van der Waals surface area contributed by atoms with Crippen LogP contribution < -0.4 is 5.73 Å². The van der Waals surface area contributed by atoms with Gasteiger partial charge in [-0.2, -0.15) is 0 Å². The molecule has 2 N–H and O–H groups in total. The maximum Gasteiger partial charge on any atom is 0.243 e. The fraction of sp³-hybridized carbons (Fsp3) is 0.650. The smallest absolute Gasteiger partial charge is 0.243 e. The van der Waals surface area contributed by atoms with E-state index < -0.39 is 11.0 Å². The summed E-state index contributed by atoms with van der Waals surface area (Å²) in [7, 11) is 0. The number of halogens is 2. The minimum atomic E-state index is -0.901. The highest BCUT2D eigenvalue weighted by Gasteiger charge is 2.63. The number of carbonyl (C=O) groups excluding carboxylic acids is 1. The highest BCUT2D eigenvalue weighted by molar-refractivity contribution is 5.89. The van der Waals surface area contributed by atoms with Gasteiger partial charge in [0, 0.05) is 31.5 Å². The fourth-order valence-corrected chi connectivity index (χ4v) is 3.72. The van der Waals surface area contributed by atoms with Crippen LogP contribution in [-0.4, -0.2) is 35.6 Å². The fourth-order valence-electron chi connectivity index (χ4n) is 3.72. The number of ether oxygens (including phenoxy) is 1. The zero-order valence-electron chi connectivity index (χ0n) is 15.8. The van der Waals surface area contributed by atoms with Crippen molar-refractivity contribution < 1.29 is 13.9 Å². The number of amides is 1. The molecule has 0 aliphatic heterocycles. The molecule has 2 saturated carbocycles. The Balaban J connectivity index is 0.00000243. The molecule has 146 valence electrons. The third kappa shape index (κ3) is 3.90. The van der Waals surface area contributed by atoms with E-state index in [0.717, 1.165) is 24.9 Å². The van der Waals surface area contributed by atoms with Crippen LogP contribution >= 0.6 is 12.4 Å². The third-order valence-electron chi connectivity index (χ3n) is 5.96. The summed E-state index contributed by atoms with van der Waals surface area (Å²) in [5.41, 5.74) is 6.22. The molecule has 2 unspecified atom stereocenters. The summed E-state index contributed by atoms with van der Waals surface area (Å²) < 4.78 is 18.9. The molecule has 3 rings (SSSR count). The van der Waals surface area contributed by atoms with E-state index >= 15 is 0 Å². The third-order valence-corrected chi connectivity index (χ3v) is 5.96. The van der Waals surface area contributed by atoms with Crippen molar-refractivity contribution in [2.24, 2.45) is 17.1 Å². The molecule has 0 spiro atoms. The highest BCUT2D eigenvalue weighted by atomic mass is 35.5. The Morgan fingerprint density at radius 2 is 1.92 bits per heavy atom. The number of rotatable bonds is 7. The van der Waals surface area contributed by atoms with E-state index in [1.54, 1.807) is 12.1 Å². The van der Waals surface area contributed by atoms with E-state index in [-0.39, 0.29) is 30.2 Å². The minimum absolute atomic E-state index is 0. The van der Waals surface area contributed by atoms with Crippen LogP contribution in [0, 0.1) is 17.2 Å². The van der Waals surface area contributed by atoms with E-state index in [2.05, 4.69) is 0 Å². The van der Waals surface area contributed by atoms with Gasteiger partial charge in [0.1, 0.15) is 11.4 Å². The van der Waals surface area contributed by atoms with Crippen LogP contribution in [0.3, 0.4) is 0 Å². The molecule has 0 heterocycles. The molecule has 1 aromatic carbocycles. The predicted molar refractivity (Wildman–Crippen MR) is 103 cm³/mol. The number of hydrogen-bond acceptors (Lipinski definition) is 3. The van der Waals surface area contributed by atoms with Crippen molar-refractivity contribution in [2.45, 2.75) is 58.2 Å². The van der Waals surface area contributed by atoms with E-state index in [4.69, 9.17) is 10.5 Å². The standard InChI is InChI=1S/C20H29FN2O2.ClH/c1-4-25-17-11-20(22,19(17,2)3)18(24)23(12-14-5-6-14)13-15-7-9-16(21)10-8-15;/h7-10,14,17H,4-6,11-13,22H2,1-3H3;1H. The summed E-state index contributed by atoms with van der Waals surface area (Å²) in [5, 5.41) is 0. The molecule has 2 aliphatic rings. The Bertz CT molecular complexity index is 633. The molecule has 0 aromatic heterocycles. The Hall–Kier alpha value is -1.17. The number of carbonyl (C=O) groups is 1. The summed E-state index contributed by atoms with van der Waals surface area (Å²) >= 11 is 0. The molecule has 1 amide bonds. The van der Waals surface area contributed by atoms with Crippen LogP contribution in [-0.2, 0) is 16.1 Å². The normalized spacial score (nSPS) is 26.6. The molecular formula is C20H30ClFN2O2. The van der Waals surface area contributed by atoms with Gasteiger partial charge in [-0.05, 0) is 43.4 Å². The largest absolute Gasteiger partial charge is 0.378 e. The maximum atomic E-state index is 13.3. The molecule has 0 saturated heterocycles. The highest BCUT2D eigenvalue weighted by Crippen LogP contribution is 2.51. The number of hydrogen-bond donors (Lipinski definition) is 1. The van der Waals surface area contributed by atoms with E-state index in [9.17, 15) is 9.18 Å². The van der Waals surface area contributed by atoms with Gasteiger partial charge in [0.05, 0.1) is 6.10 Å². The van der Waals surface area contributed by atoms with Gasteiger partial charge in [0.15, 0.2) is 0 Å². The second-order valence-electron chi connectivity index (χ2n) is 8.10. The molecule has 0 radical (unpaired) electrons. The van der Waals surface area contributed by atoms with E-state index in [1.807, 2.05) is 25.7 Å². The Morgan fingerprint density at radius 1 is 1.31 bits per heavy atom. The maximum absolute atomic E-state index is 13.3. The number of benzene rings is 1. The van der Waals surface area contributed by atoms with Gasteiger partial charge in [-0.15, -0.1) is 12.4 Å². The number of nitrogens with two attached hydrogens (primary N) is 1. The van der Waals surface area contributed by atoms with Crippen LogP contribution in [0.15, 0.2) is 24.3 Å². The lowest BCUT2D eigenvalue weighted by atomic mass is 9.54. The summed E-state index contributed by atoms with van der Waals surface area (Å²) in [6.07, 6.45) is 2.89. The average molecular weight is 385 g/mol. The van der Waals surface area contributed by atoms with Gasteiger partial charge >= 0.3 is 0 Å². The Morgan fingerprint density at radius 3 is 2.42 bits per heavy atom. The second-order valence-corrected chi connectivity index (χ2v) is 8.10. The lowest BCUT2D eigenvalue weighted by Crippen LogP contribution is -2.76. The van der Waals surface area contributed by atoms with Crippen LogP contribution in [0.4, 0.5) is 4.39 Å². The summed E-state index contributed by atoms with van der Waals surface area (Å²) in [6.45, 7) is 7.82. The quantitative estimate of drug-likeness (QED) is 0.782. The summed E-state index contributed by atoms with van der Waals surface area (Å²) in [6, 6.07) is 6.35. The van der Waals surface area contributed by atoms with Crippen molar-refractivity contribution in [2.75, 3.05) is 13.2 Å². The second kappa shape index (κ2) is 7.83. The van der Waals surface area contributed by atoms with Crippen LogP contribution in [0.5, 0.6) is 0 Å². The van der Waals surface area contributed by atoms with Crippen molar-refractivity contribution in [1.29, 1.82) is 0 Å². The zero-order valence-corrected chi connectivity index (χ0v) is 16.7. The first kappa shape index (κ1) is 21.1. The summed E-state index contributed by atoms with van der Waals surface area (Å²) in [4.78, 5) is 15.2. The molecule has 2 aliphatic carbocycles. The van der Waals surface area contributed by atoms with Gasteiger partial charge in [-0.25, -0.2) is 4.39 Å². The molecule has 6 heteroatoms. The predicted octanol–water partition coefficient (Wildman–Crippen LogP) is 3.52. The lowest BCUT2D eigenvalue weighted by molar-refractivity contribution is -0.180. The van der Waals surface area contributed by atoms with Crippen molar-refractivity contribution in [1.82, 2.24) is 4.90 Å². The molecule has 1 aromatic rings. The van der Waals surface area contributed by atoms with E-state index in [1.165, 1.54) is 12.1 Å². The Kier molecular flexibility index (Phi) is 6.36. The number of nitrogens with zero attached hydrogens (tertiary/aromatic N) is 1. The SMILES string of the molecule is CCOC1CC(N)(C(=O)N(Cc2ccc(F)cc2)CC2CC2)C1(C)C.Cl. The van der Waals surface area contributed by atoms with Gasteiger partial charge in [0.25, 0.3) is 0 Å². The van der Waals surface area contributed by atoms with Crippen molar-refractivity contribution >= 4 is 18.3 Å². The first-order valence-electron chi connectivity index (χ1n) is 9.22.